The zero-order chi connectivity index (χ0) is 40.4. The second-order valence-corrected chi connectivity index (χ2v) is 16.2. The van der Waals surface area contributed by atoms with Gasteiger partial charge in [-0.2, -0.15) is 9.97 Å². The first-order chi connectivity index (χ1) is 28.2. The number of aliphatic carboxylic acids is 1. The lowest BCUT2D eigenvalue weighted by atomic mass is 9.94. The maximum Gasteiger partial charge on any atom is 0.319 e. The molecular formula is C44H53FN6O7. The summed E-state index contributed by atoms with van der Waals surface area (Å²) < 4.78 is 46.4. The van der Waals surface area contributed by atoms with Gasteiger partial charge >= 0.3 is 12.0 Å². The molecule has 6 heterocycles. The SMILES string of the molecule is CCc1cccc2cc(OCOC)cc(-c3ncc4c(N5CCCCCC5)nc(OC[C@@]56CCCN5[C@H](COc5cc(C(C(=O)O)C(C)C)on5)CC6)nc4c3F)c12. The van der Waals surface area contributed by atoms with Crippen molar-refractivity contribution in [1.82, 2.24) is 25.0 Å². The third-order valence-corrected chi connectivity index (χ3v) is 12.2. The Hall–Kier alpha value is -5.08. The first-order valence-corrected chi connectivity index (χ1v) is 20.7. The third kappa shape index (κ3) is 7.75. The van der Waals surface area contributed by atoms with Crippen LogP contribution in [0.15, 0.2) is 47.1 Å². The van der Waals surface area contributed by atoms with Crippen LogP contribution >= 0.6 is 0 Å². The largest absolute Gasteiger partial charge is 0.481 e. The van der Waals surface area contributed by atoms with E-state index in [0.717, 1.165) is 93.8 Å². The van der Waals surface area contributed by atoms with Gasteiger partial charge in [0, 0.05) is 44.1 Å². The van der Waals surface area contributed by atoms with Crippen molar-refractivity contribution in [2.75, 3.05) is 51.7 Å². The standard InChI is InChI=1S/C44H53FN6O7/c1-5-28-12-10-13-29-20-31(57-26-54-4)21-32(37(28)29)39-38(45)40-33(23-46-39)41(50-17-8-6-7-9-18-50)48-43(47-40)56-25-44-15-11-19-51(44)30(14-16-44)24-55-35-22-34(58-49-35)36(27(2)3)42(52)53/h10,12-13,20-23,27,30,36H,5-9,11,14-19,24-26H2,1-4H3,(H,52,53)/t30-,36?,44-/m0/s1. The molecule has 0 radical (unpaired) electrons. The van der Waals surface area contributed by atoms with Gasteiger partial charge < -0.3 is 33.5 Å². The Balaban J connectivity index is 1.10. The van der Waals surface area contributed by atoms with E-state index in [9.17, 15) is 9.90 Å². The molecule has 1 N–H and O–H groups in total. The molecule has 58 heavy (non-hydrogen) atoms. The summed E-state index contributed by atoms with van der Waals surface area (Å²) in [5.74, 6) is -0.682. The number of aryl methyl sites for hydroxylation is 1. The Morgan fingerprint density at radius 3 is 2.62 bits per heavy atom. The molecule has 1 unspecified atom stereocenters. The predicted molar refractivity (Wildman–Crippen MR) is 217 cm³/mol. The number of anilines is 1. The van der Waals surface area contributed by atoms with Crippen LogP contribution in [0.3, 0.4) is 0 Å². The molecule has 0 bridgehead atoms. The number of ether oxygens (including phenoxy) is 4. The maximum atomic E-state index is 17.3. The molecule has 3 saturated heterocycles. The predicted octanol–water partition coefficient (Wildman–Crippen LogP) is 8.18. The van der Waals surface area contributed by atoms with Crippen molar-refractivity contribution in [3.8, 4) is 28.9 Å². The van der Waals surface area contributed by atoms with E-state index < -0.39 is 17.7 Å². The second-order valence-electron chi connectivity index (χ2n) is 16.2. The average molecular weight is 797 g/mol. The van der Waals surface area contributed by atoms with Crippen molar-refractivity contribution in [2.45, 2.75) is 96.1 Å². The molecule has 0 saturated carbocycles. The van der Waals surface area contributed by atoms with Gasteiger partial charge in [0.05, 0.1) is 10.9 Å². The number of aromatic nitrogens is 4. The fraction of sp³-hybridized carbons (Fsp3) is 0.523. The van der Waals surface area contributed by atoms with Crippen molar-refractivity contribution in [3.05, 3.63) is 59.7 Å². The fourth-order valence-electron chi connectivity index (χ4n) is 9.36. The maximum absolute atomic E-state index is 17.3. The molecule has 2 aromatic carbocycles. The molecule has 3 aromatic heterocycles. The van der Waals surface area contributed by atoms with Crippen LogP contribution < -0.4 is 19.1 Å². The van der Waals surface area contributed by atoms with Crippen LogP contribution in [0.4, 0.5) is 10.2 Å². The highest BCUT2D eigenvalue weighted by molar-refractivity contribution is 6.01. The van der Waals surface area contributed by atoms with E-state index in [-0.39, 0.29) is 53.2 Å². The Morgan fingerprint density at radius 1 is 1.03 bits per heavy atom. The Labute approximate surface area is 337 Å². The molecule has 3 atom stereocenters. The van der Waals surface area contributed by atoms with E-state index in [4.69, 9.17) is 38.4 Å². The lowest BCUT2D eigenvalue weighted by Gasteiger charge is -2.34. The number of hydrogen-bond acceptors (Lipinski definition) is 12. The lowest BCUT2D eigenvalue weighted by Crippen LogP contribution is -2.48. The summed E-state index contributed by atoms with van der Waals surface area (Å²) in [5.41, 5.74) is 1.81. The van der Waals surface area contributed by atoms with Crippen molar-refractivity contribution < 1.29 is 37.8 Å². The minimum atomic E-state index is -0.957. The van der Waals surface area contributed by atoms with Crippen molar-refractivity contribution in [2.24, 2.45) is 5.92 Å². The summed E-state index contributed by atoms with van der Waals surface area (Å²) in [6.45, 7) is 9.04. The summed E-state index contributed by atoms with van der Waals surface area (Å²) in [4.78, 5) is 31.1. The fourth-order valence-corrected chi connectivity index (χ4v) is 9.36. The van der Waals surface area contributed by atoms with Gasteiger partial charge in [0.15, 0.2) is 18.4 Å². The number of halogens is 1. The molecule has 13 nitrogen and oxygen atoms in total. The van der Waals surface area contributed by atoms with Gasteiger partial charge in [0.2, 0.25) is 0 Å². The molecule has 308 valence electrons. The number of carboxylic acids is 1. The van der Waals surface area contributed by atoms with Crippen molar-refractivity contribution in [1.29, 1.82) is 0 Å². The van der Waals surface area contributed by atoms with Gasteiger partial charge in [-0.15, -0.1) is 0 Å². The average Bonchev–Trinajstić information content (AvgIpc) is 3.87. The third-order valence-electron chi connectivity index (χ3n) is 12.2. The highest BCUT2D eigenvalue weighted by Crippen LogP contribution is 2.44. The van der Waals surface area contributed by atoms with E-state index in [2.05, 4.69) is 27.9 Å². The van der Waals surface area contributed by atoms with Crippen LogP contribution in [-0.4, -0.2) is 94.4 Å². The number of methoxy groups -OCH3 is 1. The topological polar surface area (TPSA) is 145 Å². The molecule has 0 amide bonds. The van der Waals surface area contributed by atoms with Crippen molar-refractivity contribution >= 4 is 33.5 Å². The minimum Gasteiger partial charge on any atom is -0.481 e. The highest BCUT2D eigenvalue weighted by Gasteiger charge is 2.50. The molecule has 14 heteroatoms. The first kappa shape index (κ1) is 39.7. The highest BCUT2D eigenvalue weighted by atomic mass is 19.1. The number of carboxylic acid groups (broad SMARTS) is 1. The van der Waals surface area contributed by atoms with Gasteiger partial charge in [-0.1, -0.05) is 51.8 Å². The van der Waals surface area contributed by atoms with E-state index in [1.807, 2.05) is 38.1 Å². The molecule has 3 fully saturated rings. The lowest BCUT2D eigenvalue weighted by molar-refractivity contribution is -0.140. The van der Waals surface area contributed by atoms with E-state index >= 15 is 4.39 Å². The summed E-state index contributed by atoms with van der Waals surface area (Å²) in [6.07, 6.45) is 10.5. The molecule has 3 aliphatic heterocycles. The van der Waals surface area contributed by atoms with Gasteiger partial charge in [0.25, 0.3) is 5.88 Å². The molecule has 0 aliphatic carbocycles. The number of rotatable bonds is 15. The summed E-state index contributed by atoms with van der Waals surface area (Å²) in [6, 6.07) is 11.7. The normalized spacial score (nSPS) is 20.4. The van der Waals surface area contributed by atoms with Crippen LogP contribution in [0.2, 0.25) is 0 Å². The van der Waals surface area contributed by atoms with Crippen LogP contribution in [0.5, 0.6) is 17.6 Å². The molecular weight excluding hydrogens is 744 g/mol. The summed E-state index contributed by atoms with van der Waals surface area (Å²) >= 11 is 0. The monoisotopic (exact) mass is 796 g/mol. The quantitative estimate of drug-likeness (QED) is 0.102. The summed E-state index contributed by atoms with van der Waals surface area (Å²) in [5, 5.41) is 16.1. The first-order valence-electron chi connectivity index (χ1n) is 20.7. The molecule has 8 rings (SSSR count). The molecule has 5 aromatic rings. The second kappa shape index (κ2) is 17.0. The van der Waals surface area contributed by atoms with E-state index in [0.29, 0.717) is 35.7 Å². The van der Waals surface area contributed by atoms with Gasteiger partial charge in [-0.3, -0.25) is 14.7 Å². The van der Waals surface area contributed by atoms with Crippen LogP contribution in [-0.2, 0) is 16.0 Å². The Morgan fingerprint density at radius 2 is 1.86 bits per heavy atom. The zero-order valence-corrected chi connectivity index (χ0v) is 33.8. The van der Waals surface area contributed by atoms with E-state index in [1.165, 1.54) is 0 Å². The van der Waals surface area contributed by atoms with Crippen LogP contribution in [0.1, 0.15) is 89.4 Å². The summed E-state index contributed by atoms with van der Waals surface area (Å²) in [7, 11) is 1.57. The van der Waals surface area contributed by atoms with Gasteiger partial charge in [-0.25, -0.2) is 4.39 Å². The number of carbonyl (C=O) groups is 1. The van der Waals surface area contributed by atoms with Crippen molar-refractivity contribution in [3.63, 3.8) is 0 Å². The number of pyridine rings is 1. The number of fused-ring (bicyclic) bond motifs is 3. The molecule has 3 aliphatic rings. The number of hydrogen-bond donors (Lipinski definition) is 1. The molecule has 0 spiro atoms. The van der Waals surface area contributed by atoms with Crippen LogP contribution in [0.25, 0.3) is 32.9 Å². The number of nitrogens with zero attached hydrogens (tertiary/aromatic N) is 6. The Bertz CT molecular complexity index is 2260. The van der Waals surface area contributed by atoms with Crippen LogP contribution in [0, 0.1) is 11.7 Å². The van der Waals surface area contributed by atoms with Gasteiger partial charge in [-0.05, 0) is 91.0 Å². The zero-order valence-electron chi connectivity index (χ0n) is 33.8. The smallest absolute Gasteiger partial charge is 0.319 e. The number of benzene rings is 2. The van der Waals surface area contributed by atoms with Gasteiger partial charge in [0.1, 0.15) is 41.9 Å². The Kier molecular flexibility index (Phi) is 11.7. The van der Waals surface area contributed by atoms with E-state index in [1.54, 1.807) is 19.4 Å². The minimum absolute atomic E-state index is 0.0573.